The Balaban J connectivity index is 2.16. The van der Waals surface area contributed by atoms with Crippen molar-refractivity contribution >= 4 is 5.78 Å². The molecular formula is C16H24N2O. The van der Waals surface area contributed by atoms with Crippen LogP contribution in [0.15, 0.2) is 12.1 Å². The molecule has 3 heteroatoms. The first-order valence-corrected chi connectivity index (χ1v) is 7.01. The highest BCUT2D eigenvalue weighted by atomic mass is 16.1. The van der Waals surface area contributed by atoms with E-state index in [1.165, 1.54) is 5.56 Å². The van der Waals surface area contributed by atoms with Gasteiger partial charge in [0.15, 0.2) is 5.78 Å². The summed E-state index contributed by atoms with van der Waals surface area (Å²) in [6.07, 6.45) is 0.605. The van der Waals surface area contributed by atoms with Gasteiger partial charge in [0.1, 0.15) is 0 Å². The van der Waals surface area contributed by atoms with E-state index in [0.717, 1.165) is 36.3 Å². The van der Waals surface area contributed by atoms with Crippen LogP contribution in [0.1, 0.15) is 33.5 Å². The van der Waals surface area contributed by atoms with Gasteiger partial charge < -0.3 is 10.2 Å². The van der Waals surface area contributed by atoms with E-state index < -0.39 is 0 Å². The van der Waals surface area contributed by atoms with E-state index in [9.17, 15) is 4.79 Å². The van der Waals surface area contributed by atoms with Crippen LogP contribution in [-0.2, 0) is 0 Å². The molecule has 0 aliphatic carbocycles. The van der Waals surface area contributed by atoms with E-state index in [-0.39, 0.29) is 5.78 Å². The third kappa shape index (κ3) is 3.23. The normalized spacial score (nSPS) is 20.5. The minimum absolute atomic E-state index is 0.274. The summed E-state index contributed by atoms with van der Waals surface area (Å²) < 4.78 is 0. The fourth-order valence-electron chi connectivity index (χ4n) is 3.03. The molecule has 0 amide bonds. The van der Waals surface area contributed by atoms with Crippen molar-refractivity contribution in [1.82, 2.24) is 10.2 Å². The Bertz CT molecular complexity index is 459. The van der Waals surface area contributed by atoms with Gasteiger partial charge in [0.2, 0.25) is 0 Å². The molecule has 1 atom stereocenters. The maximum Gasteiger partial charge on any atom is 0.165 e. The predicted octanol–water partition coefficient (Wildman–Crippen LogP) is 2.09. The molecule has 3 nitrogen and oxygen atoms in total. The van der Waals surface area contributed by atoms with Crippen LogP contribution in [0.3, 0.4) is 0 Å². The number of rotatable bonds is 3. The van der Waals surface area contributed by atoms with Gasteiger partial charge in [-0.3, -0.25) is 4.79 Å². The van der Waals surface area contributed by atoms with Crippen LogP contribution >= 0.6 is 0 Å². The molecule has 1 aromatic carbocycles. The van der Waals surface area contributed by atoms with Crippen LogP contribution in [0.5, 0.6) is 0 Å². The number of hydrogen-bond acceptors (Lipinski definition) is 3. The third-order valence-corrected chi connectivity index (χ3v) is 4.02. The number of likely N-dealkylation sites (N-methyl/N-ethyl adjacent to an activating group) is 1. The Morgan fingerprint density at radius 3 is 2.53 bits per heavy atom. The molecule has 0 saturated carbocycles. The largest absolute Gasteiger partial charge is 0.314 e. The maximum absolute atomic E-state index is 12.6. The number of nitrogens with zero attached hydrogens (tertiary/aromatic N) is 1. The Kier molecular flexibility index (Phi) is 4.38. The SMILES string of the molecule is Cc1cc(C)c(C(=O)CC2CNCCN2C)c(C)c1. The molecular weight excluding hydrogens is 236 g/mol. The quantitative estimate of drug-likeness (QED) is 0.845. The van der Waals surface area contributed by atoms with Gasteiger partial charge in [0.25, 0.3) is 0 Å². The molecule has 1 fully saturated rings. The van der Waals surface area contributed by atoms with Crippen LogP contribution in [0, 0.1) is 20.8 Å². The van der Waals surface area contributed by atoms with E-state index in [1.54, 1.807) is 0 Å². The van der Waals surface area contributed by atoms with Crippen LogP contribution < -0.4 is 5.32 Å². The van der Waals surface area contributed by atoms with Crippen molar-refractivity contribution < 1.29 is 4.79 Å². The molecule has 2 rings (SSSR count). The van der Waals surface area contributed by atoms with E-state index in [4.69, 9.17) is 0 Å². The first-order chi connectivity index (χ1) is 8.99. The van der Waals surface area contributed by atoms with Gasteiger partial charge in [-0.05, 0) is 38.9 Å². The average Bonchev–Trinajstić information content (AvgIpc) is 2.30. The van der Waals surface area contributed by atoms with E-state index in [0.29, 0.717) is 12.5 Å². The summed E-state index contributed by atoms with van der Waals surface area (Å²) >= 11 is 0. The Morgan fingerprint density at radius 2 is 1.95 bits per heavy atom. The number of piperazine rings is 1. The summed E-state index contributed by atoms with van der Waals surface area (Å²) in [5, 5.41) is 3.37. The first-order valence-electron chi connectivity index (χ1n) is 7.01. The topological polar surface area (TPSA) is 32.3 Å². The summed E-state index contributed by atoms with van der Waals surface area (Å²) in [7, 11) is 2.10. The van der Waals surface area contributed by atoms with Crippen LogP contribution in [-0.4, -0.2) is 43.4 Å². The minimum Gasteiger partial charge on any atom is -0.314 e. The Hall–Kier alpha value is -1.19. The molecule has 1 saturated heterocycles. The lowest BCUT2D eigenvalue weighted by Gasteiger charge is -2.32. The van der Waals surface area contributed by atoms with Crippen LogP contribution in [0.4, 0.5) is 0 Å². The predicted molar refractivity (Wildman–Crippen MR) is 78.9 cm³/mol. The molecule has 1 N–H and O–H groups in total. The van der Waals surface area contributed by atoms with E-state index >= 15 is 0 Å². The molecule has 1 aromatic rings. The van der Waals surface area contributed by atoms with Gasteiger partial charge in [-0.25, -0.2) is 0 Å². The lowest BCUT2D eigenvalue weighted by atomic mass is 9.93. The van der Waals surface area contributed by atoms with Crippen LogP contribution in [0.2, 0.25) is 0 Å². The van der Waals surface area contributed by atoms with Gasteiger partial charge in [0, 0.05) is 37.7 Å². The summed E-state index contributed by atoms with van der Waals surface area (Å²) in [5.74, 6) is 0.274. The summed E-state index contributed by atoms with van der Waals surface area (Å²) in [5.41, 5.74) is 4.36. The number of nitrogens with one attached hydrogen (secondary N) is 1. The lowest BCUT2D eigenvalue weighted by Crippen LogP contribution is -2.50. The van der Waals surface area contributed by atoms with Crippen molar-refractivity contribution in [1.29, 1.82) is 0 Å². The molecule has 0 bridgehead atoms. The van der Waals surface area contributed by atoms with Crippen molar-refractivity contribution in [2.24, 2.45) is 0 Å². The molecule has 0 radical (unpaired) electrons. The number of aryl methyl sites for hydroxylation is 3. The lowest BCUT2D eigenvalue weighted by molar-refractivity contribution is 0.0916. The number of carbonyl (C=O) groups is 1. The second kappa shape index (κ2) is 5.85. The van der Waals surface area contributed by atoms with Crippen molar-refractivity contribution in [2.45, 2.75) is 33.2 Å². The standard InChI is InChI=1S/C16H24N2O/c1-11-7-12(2)16(13(3)8-11)15(19)9-14-10-17-5-6-18(14)4/h7-8,14,17H,5-6,9-10H2,1-4H3. The van der Waals surface area contributed by atoms with E-state index in [1.807, 2.05) is 13.8 Å². The minimum atomic E-state index is 0.274. The van der Waals surface area contributed by atoms with Crippen LogP contribution in [0.25, 0.3) is 0 Å². The smallest absolute Gasteiger partial charge is 0.165 e. The highest BCUT2D eigenvalue weighted by Gasteiger charge is 2.23. The Morgan fingerprint density at radius 1 is 1.32 bits per heavy atom. The van der Waals surface area contributed by atoms with Crippen molar-refractivity contribution in [3.8, 4) is 0 Å². The zero-order chi connectivity index (χ0) is 14.0. The third-order valence-electron chi connectivity index (χ3n) is 4.02. The summed E-state index contributed by atoms with van der Waals surface area (Å²) in [6, 6.07) is 4.52. The maximum atomic E-state index is 12.6. The zero-order valence-electron chi connectivity index (χ0n) is 12.4. The molecule has 0 aromatic heterocycles. The van der Waals surface area contributed by atoms with E-state index in [2.05, 4.69) is 36.3 Å². The number of ketones is 1. The second-order valence-corrected chi connectivity index (χ2v) is 5.74. The van der Waals surface area contributed by atoms with Crippen molar-refractivity contribution in [2.75, 3.05) is 26.7 Å². The number of hydrogen-bond donors (Lipinski definition) is 1. The van der Waals surface area contributed by atoms with Gasteiger partial charge >= 0.3 is 0 Å². The molecule has 19 heavy (non-hydrogen) atoms. The highest BCUT2D eigenvalue weighted by molar-refractivity contribution is 5.99. The molecule has 1 unspecified atom stereocenters. The summed E-state index contributed by atoms with van der Waals surface area (Å²) in [6.45, 7) is 9.10. The van der Waals surface area contributed by atoms with Crippen molar-refractivity contribution in [3.63, 3.8) is 0 Å². The molecule has 1 aliphatic heterocycles. The molecule has 1 aliphatic rings. The number of Topliss-reactive ketones (excluding diaryl/α,β-unsaturated/α-hetero) is 1. The number of carbonyl (C=O) groups excluding carboxylic acids is 1. The zero-order valence-corrected chi connectivity index (χ0v) is 12.4. The van der Waals surface area contributed by atoms with Gasteiger partial charge in [0.05, 0.1) is 0 Å². The average molecular weight is 260 g/mol. The Labute approximate surface area is 116 Å². The van der Waals surface area contributed by atoms with Gasteiger partial charge in [-0.1, -0.05) is 17.7 Å². The molecule has 0 spiro atoms. The fourth-order valence-corrected chi connectivity index (χ4v) is 3.03. The van der Waals surface area contributed by atoms with Gasteiger partial charge in [-0.2, -0.15) is 0 Å². The molecule has 104 valence electrons. The molecule has 1 heterocycles. The number of benzene rings is 1. The van der Waals surface area contributed by atoms with Crippen molar-refractivity contribution in [3.05, 3.63) is 34.4 Å². The highest BCUT2D eigenvalue weighted by Crippen LogP contribution is 2.20. The monoisotopic (exact) mass is 260 g/mol. The second-order valence-electron chi connectivity index (χ2n) is 5.74. The first kappa shape index (κ1) is 14.2. The fraction of sp³-hybridized carbons (Fsp3) is 0.562. The van der Waals surface area contributed by atoms with Gasteiger partial charge in [-0.15, -0.1) is 0 Å². The summed E-state index contributed by atoms with van der Waals surface area (Å²) in [4.78, 5) is 14.8.